The SMILES string of the molecule is Cc1ccc(C(=O)NC(C(=O)NN=Cc2c(C)n(Cc3ccc(Cl)cc3)c3ccccc23)C(C)C)cc1. The van der Waals surface area contributed by atoms with Gasteiger partial charge in [0.2, 0.25) is 0 Å². The number of amides is 2. The average molecular weight is 515 g/mol. The summed E-state index contributed by atoms with van der Waals surface area (Å²) < 4.78 is 2.22. The molecule has 1 unspecified atom stereocenters. The van der Waals surface area contributed by atoms with Gasteiger partial charge >= 0.3 is 0 Å². The Hall–Kier alpha value is -3.90. The van der Waals surface area contributed by atoms with E-state index in [4.69, 9.17) is 11.6 Å². The van der Waals surface area contributed by atoms with Gasteiger partial charge in [-0.15, -0.1) is 0 Å². The van der Waals surface area contributed by atoms with Crippen molar-refractivity contribution in [2.75, 3.05) is 0 Å². The molecule has 0 aliphatic heterocycles. The van der Waals surface area contributed by atoms with E-state index in [1.807, 2.05) is 82.3 Å². The summed E-state index contributed by atoms with van der Waals surface area (Å²) in [7, 11) is 0. The lowest BCUT2D eigenvalue weighted by atomic mass is 10.0. The molecule has 0 saturated carbocycles. The number of hydrogen-bond donors (Lipinski definition) is 2. The standard InChI is InChI=1S/C30H31ClN4O2/c1-19(2)28(33-29(36)23-13-9-20(3)10-14-23)30(37)34-32-17-26-21(4)35(27-8-6-5-7-25(26)27)18-22-11-15-24(31)16-12-22/h5-17,19,28H,18H2,1-4H3,(H,33,36)(H,34,37). The van der Waals surface area contributed by atoms with Gasteiger partial charge in [-0.1, -0.05) is 73.5 Å². The number of hydrogen-bond acceptors (Lipinski definition) is 3. The third-order valence-electron chi connectivity index (χ3n) is 6.45. The minimum absolute atomic E-state index is 0.118. The quantitative estimate of drug-likeness (QED) is 0.228. The lowest BCUT2D eigenvalue weighted by Gasteiger charge is -2.20. The third-order valence-corrected chi connectivity index (χ3v) is 6.70. The van der Waals surface area contributed by atoms with E-state index >= 15 is 0 Å². The first kappa shape index (κ1) is 26.2. The van der Waals surface area contributed by atoms with Gasteiger partial charge in [0, 0.05) is 39.3 Å². The number of halogens is 1. The van der Waals surface area contributed by atoms with E-state index < -0.39 is 6.04 Å². The van der Waals surface area contributed by atoms with Crippen LogP contribution in [0.2, 0.25) is 5.02 Å². The van der Waals surface area contributed by atoms with Gasteiger partial charge in [0.05, 0.1) is 6.21 Å². The fourth-order valence-corrected chi connectivity index (χ4v) is 4.42. The number of para-hydroxylation sites is 1. The second-order valence-electron chi connectivity index (χ2n) is 9.52. The summed E-state index contributed by atoms with van der Waals surface area (Å²) in [5.41, 5.74) is 8.37. The molecular formula is C30H31ClN4O2. The highest BCUT2D eigenvalue weighted by atomic mass is 35.5. The molecule has 37 heavy (non-hydrogen) atoms. The molecule has 0 fully saturated rings. The van der Waals surface area contributed by atoms with Gasteiger partial charge in [-0.05, 0) is 55.7 Å². The number of hydrazone groups is 1. The molecule has 4 rings (SSSR count). The van der Waals surface area contributed by atoms with Gasteiger partial charge in [0.1, 0.15) is 6.04 Å². The van der Waals surface area contributed by atoms with Crippen molar-refractivity contribution >= 4 is 40.5 Å². The van der Waals surface area contributed by atoms with Crippen molar-refractivity contribution in [3.63, 3.8) is 0 Å². The van der Waals surface area contributed by atoms with E-state index in [1.165, 1.54) is 0 Å². The minimum Gasteiger partial charge on any atom is -0.340 e. The van der Waals surface area contributed by atoms with Crippen LogP contribution in [0.3, 0.4) is 0 Å². The van der Waals surface area contributed by atoms with Crippen LogP contribution in [0, 0.1) is 19.8 Å². The topological polar surface area (TPSA) is 75.5 Å². The number of carbonyl (C=O) groups excluding carboxylic acids is 2. The highest BCUT2D eigenvalue weighted by Crippen LogP contribution is 2.26. The smallest absolute Gasteiger partial charge is 0.262 e. The molecule has 190 valence electrons. The van der Waals surface area contributed by atoms with Crippen molar-refractivity contribution < 1.29 is 9.59 Å². The summed E-state index contributed by atoms with van der Waals surface area (Å²) in [5, 5.41) is 8.86. The summed E-state index contributed by atoms with van der Waals surface area (Å²) in [6.45, 7) is 8.46. The summed E-state index contributed by atoms with van der Waals surface area (Å²) in [6, 6.07) is 22.4. The fraction of sp³-hybridized carbons (Fsp3) is 0.233. The molecule has 1 aromatic heterocycles. The summed E-state index contributed by atoms with van der Waals surface area (Å²) in [5.74, 6) is -0.777. The Morgan fingerprint density at radius 3 is 2.32 bits per heavy atom. The molecule has 1 heterocycles. The zero-order valence-corrected chi connectivity index (χ0v) is 22.2. The van der Waals surface area contributed by atoms with Crippen LogP contribution in [-0.4, -0.2) is 28.6 Å². The second-order valence-corrected chi connectivity index (χ2v) is 9.96. The van der Waals surface area contributed by atoms with Crippen LogP contribution in [0.4, 0.5) is 0 Å². The normalized spacial score (nSPS) is 12.3. The van der Waals surface area contributed by atoms with E-state index in [9.17, 15) is 9.59 Å². The van der Waals surface area contributed by atoms with Crippen LogP contribution in [0.15, 0.2) is 77.9 Å². The van der Waals surface area contributed by atoms with E-state index in [1.54, 1.807) is 18.3 Å². The Morgan fingerprint density at radius 1 is 0.973 bits per heavy atom. The Morgan fingerprint density at radius 2 is 1.65 bits per heavy atom. The van der Waals surface area contributed by atoms with Crippen LogP contribution < -0.4 is 10.7 Å². The van der Waals surface area contributed by atoms with Gasteiger partial charge in [0.15, 0.2) is 0 Å². The second kappa shape index (κ2) is 11.4. The molecular weight excluding hydrogens is 484 g/mol. The molecule has 0 spiro atoms. The molecule has 0 bridgehead atoms. The van der Waals surface area contributed by atoms with Crippen molar-refractivity contribution in [1.29, 1.82) is 0 Å². The first-order valence-corrected chi connectivity index (χ1v) is 12.6. The number of benzene rings is 3. The Bertz CT molecular complexity index is 1440. The number of aryl methyl sites for hydroxylation is 1. The zero-order chi connectivity index (χ0) is 26.5. The summed E-state index contributed by atoms with van der Waals surface area (Å²) >= 11 is 6.05. The molecule has 1 atom stereocenters. The molecule has 6 nitrogen and oxygen atoms in total. The van der Waals surface area contributed by atoms with Crippen molar-refractivity contribution in [3.8, 4) is 0 Å². The number of aromatic nitrogens is 1. The van der Waals surface area contributed by atoms with Crippen LogP contribution in [0.5, 0.6) is 0 Å². The van der Waals surface area contributed by atoms with E-state index in [0.29, 0.717) is 17.1 Å². The highest BCUT2D eigenvalue weighted by molar-refractivity contribution is 6.30. The molecule has 3 aromatic carbocycles. The molecule has 0 aliphatic rings. The number of carbonyl (C=O) groups is 2. The first-order valence-electron chi connectivity index (χ1n) is 12.3. The van der Waals surface area contributed by atoms with Crippen molar-refractivity contribution in [1.82, 2.24) is 15.3 Å². The maximum Gasteiger partial charge on any atom is 0.262 e. The Labute approximate surface area is 222 Å². The number of nitrogens with one attached hydrogen (secondary N) is 2. The van der Waals surface area contributed by atoms with E-state index in [2.05, 4.69) is 26.5 Å². The monoisotopic (exact) mass is 514 g/mol. The lowest BCUT2D eigenvalue weighted by molar-refractivity contribution is -0.123. The average Bonchev–Trinajstić information content (AvgIpc) is 3.14. The molecule has 0 aliphatic carbocycles. The van der Waals surface area contributed by atoms with Gasteiger partial charge in [0.25, 0.3) is 11.8 Å². The van der Waals surface area contributed by atoms with Crippen LogP contribution in [-0.2, 0) is 11.3 Å². The zero-order valence-electron chi connectivity index (χ0n) is 21.5. The first-order chi connectivity index (χ1) is 17.7. The molecule has 4 aromatic rings. The van der Waals surface area contributed by atoms with Gasteiger partial charge in [-0.2, -0.15) is 5.10 Å². The van der Waals surface area contributed by atoms with Crippen LogP contribution >= 0.6 is 11.6 Å². The minimum atomic E-state index is -0.724. The number of fused-ring (bicyclic) bond motifs is 1. The lowest BCUT2D eigenvalue weighted by Crippen LogP contribution is -2.48. The maximum absolute atomic E-state index is 13.0. The van der Waals surface area contributed by atoms with Crippen molar-refractivity contribution in [3.05, 3.63) is 106 Å². The van der Waals surface area contributed by atoms with Crippen LogP contribution in [0.1, 0.15) is 46.6 Å². The van der Waals surface area contributed by atoms with E-state index in [-0.39, 0.29) is 17.7 Å². The van der Waals surface area contributed by atoms with E-state index in [0.717, 1.165) is 33.3 Å². The molecule has 7 heteroatoms. The maximum atomic E-state index is 13.0. The van der Waals surface area contributed by atoms with Crippen molar-refractivity contribution in [2.24, 2.45) is 11.0 Å². The molecule has 2 N–H and O–H groups in total. The molecule has 2 amide bonds. The predicted molar refractivity (Wildman–Crippen MR) is 150 cm³/mol. The molecule has 0 saturated heterocycles. The summed E-state index contributed by atoms with van der Waals surface area (Å²) in [4.78, 5) is 25.7. The Balaban J connectivity index is 1.52. The number of nitrogens with zero attached hydrogens (tertiary/aromatic N) is 2. The van der Waals surface area contributed by atoms with Crippen molar-refractivity contribution in [2.45, 2.75) is 40.3 Å². The summed E-state index contributed by atoms with van der Waals surface area (Å²) in [6.07, 6.45) is 1.67. The fourth-order valence-electron chi connectivity index (χ4n) is 4.29. The van der Waals surface area contributed by atoms with Crippen LogP contribution in [0.25, 0.3) is 10.9 Å². The highest BCUT2D eigenvalue weighted by Gasteiger charge is 2.24. The van der Waals surface area contributed by atoms with Gasteiger partial charge in [-0.25, -0.2) is 5.43 Å². The third kappa shape index (κ3) is 6.09. The largest absolute Gasteiger partial charge is 0.340 e. The number of rotatable bonds is 8. The molecule has 0 radical (unpaired) electrons. The van der Waals surface area contributed by atoms with Gasteiger partial charge in [-0.3, -0.25) is 9.59 Å². The Kier molecular flexibility index (Phi) is 8.09. The van der Waals surface area contributed by atoms with Gasteiger partial charge < -0.3 is 9.88 Å². The predicted octanol–water partition coefficient (Wildman–Crippen LogP) is 5.86.